The maximum Gasteiger partial charge on any atom is 0.114 e. The van der Waals surface area contributed by atoms with Crippen molar-refractivity contribution in [2.24, 2.45) is 4.99 Å². The highest BCUT2D eigenvalue weighted by Gasteiger charge is 2.26. The normalized spacial score (nSPS) is 16.6. The third-order valence-electron chi connectivity index (χ3n) is 5.75. The number of benzene rings is 2. The fourth-order valence-electron chi connectivity index (χ4n) is 4.21. The maximum atomic E-state index is 4.98. The fourth-order valence-corrected chi connectivity index (χ4v) is 4.21. The van der Waals surface area contributed by atoms with Gasteiger partial charge in [0.25, 0.3) is 0 Å². The van der Waals surface area contributed by atoms with Crippen LogP contribution in [0.5, 0.6) is 0 Å². The van der Waals surface area contributed by atoms with Crippen LogP contribution in [0.15, 0.2) is 83.3 Å². The lowest BCUT2D eigenvalue weighted by molar-refractivity contribution is 0.656. The summed E-state index contributed by atoms with van der Waals surface area (Å²) in [5.41, 5.74) is 7.64. The predicted molar refractivity (Wildman–Crippen MR) is 118 cm³/mol. The molecule has 0 radical (unpaired) electrons. The van der Waals surface area contributed by atoms with Crippen molar-refractivity contribution >= 4 is 11.4 Å². The summed E-state index contributed by atoms with van der Waals surface area (Å²) in [6, 6.07) is 19.3. The first-order chi connectivity index (χ1) is 14.3. The van der Waals surface area contributed by atoms with E-state index in [1.807, 2.05) is 19.3 Å². The molecular formula is C24H25N5. The summed E-state index contributed by atoms with van der Waals surface area (Å²) in [4.78, 5) is 11.7. The molecule has 0 aliphatic carbocycles. The minimum atomic E-state index is 0.685. The van der Waals surface area contributed by atoms with Gasteiger partial charge in [-0.25, -0.2) is 4.98 Å². The fraction of sp³-hybridized carbons (Fsp3) is 0.250. The number of imidazole rings is 1. The van der Waals surface area contributed by atoms with Gasteiger partial charge in [0.15, 0.2) is 0 Å². The van der Waals surface area contributed by atoms with Crippen molar-refractivity contribution in [3.63, 3.8) is 0 Å². The molecule has 5 heteroatoms. The van der Waals surface area contributed by atoms with Gasteiger partial charge >= 0.3 is 0 Å². The Hall–Kier alpha value is -3.18. The van der Waals surface area contributed by atoms with E-state index in [0.29, 0.717) is 6.67 Å². The molecule has 0 bridgehead atoms. The topological polar surface area (TPSA) is 45.5 Å². The summed E-state index contributed by atoms with van der Waals surface area (Å²) in [5, 5.41) is 3.53. The standard InChI is InChI=1S/C24H25N5/c1-18-26-13-14-28(18)20-7-9-21(10-8-20)29-17-27-23(15-19-5-3-2-4-6-19)22-16-25-12-11-24(22)29/h2-10,13-14,25H,11-12,15-17H2,1H3. The molecule has 29 heavy (non-hydrogen) atoms. The summed E-state index contributed by atoms with van der Waals surface area (Å²) in [5.74, 6) is 0.995. The molecule has 0 amide bonds. The Kier molecular flexibility index (Phi) is 4.74. The number of rotatable bonds is 4. The van der Waals surface area contributed by atoms with Gasteiger partial charge in [0.05, 0.1) is 0 Å². The van der Waals surface area contributed by atoms with Gasteiger partial charge in [-0.05, 0) is 36.8 Å². The second-order valence-electron chi connectivity index (χ2n) is 7.55. The summed E-state index contributed by atoms with van der Waals surface area (Å²) in [6.45, 7) is 4.61. The van der Waals surface area contributed by atoms with Gasteiger partial charge in [-0.3, -0.25) is 4.99 Å². The van der Waals surface area contributed by atoms with Gasteiger partial charge in [-0.15, -0.1) is 0 Å². The third kappa shape index (κ3) is 3.49. The quantitative estimate of drug-likeness (QED) is 0.743. The average Bonchev–Trinajstić information content (AvgIpc) is 3.21. The number of aryl methyl sites for hydroxylation is 1. The molecule has 0 spiro atoms. The molecule has 2 aromatic carbocycles. The molecule has 0 fully saturated rings. The molecule has 2 aliphatic rings. The zero-order valence-electron chi connectivity index (χ0n) is 16.7. The van der Waals surface area contributed by atoms with E-state index in [9.17, 15) is 0 Å². The van der Waals surface area contributed by atoms with Crippen LogP contribution >= 0.6 is 0 Å². The van der Waals surface area contributed by atoms with Crippen molar-refractivity contribution < 1.29 is 0 Å². The molecule has 3 heterocycles. The van der Waals surface area contributed by atoms with Crippen LogP contribution in [0.25, 0.3) is 5.69 Å². The first-order valence-electron chi connectivity index (χ1n) is 10.2. The van der Waals surface area contributed by atoms with Crippen molar-refractivity contribution in [2.75, 3.05) is 24.7 Å². The Morgan fingerprint density at radius 2 is 1.79 bits per heavy atom. The van der Waals surface area contributed by atoms with E-state index in [4.69, 9.17) is 4.99 Å². The Labute approximate surface area is 171 Å². The van der Waals surface area contributed by atoms with Crippen LogP contribution in [0, 0.1) is 6.92 Å². The largest absolute Gasteiger partial charge is 0.325 e. The Bertz CT molecular complexity index is 1060. The van der Waals surface area contributed by atoms with Gasteiger partial charge in [0.2, 0.25) is 0 Å². The van der Waals surface area contributed by atoms with E-state index < -0.39 is 0 Å². The smallest absolute Gasteiger partial charge is 0.114 e. The molecular weight excluding hydrogens is 358 g/mol. The zero-order chi connectivity index (χ0) is 19.6. The molecule has 3 aromatic rings. The first-order valence-corrected chi connectivity index (χ1v) is 10.2. The minimum absolute atomic E-state index is 0.685. The van der Waals surface area contributed by atoms with E-state index >= 15 is 0 Å². The van der Waals surface area contributed by atoms with Crippen LogP contribution in [-0.2, 0) is 6.42 Å². The molecule has 0 unspecified atom stereocenters. The average molecular weight is 383 g/mol. The number of hydrogen-bond acceptors (Lipinski definition) is 4. The van der Waals surface area contributed by atoms with E-state index in [-0.39, 0.29) is 0 Å². The van der Waals surface area contributed by atoms with Crippen LogP contribution in [0.3, 0.4) is 0 Å². The summed E-state index contributed by atoms with van der Waals surface area (Å²) < 4.78 is 2.10. The van der Waals surface area contributed by atoms with Gasteiger partial charge < -0.3 is 14.8 Å². The van der Waals surface area contributed by atoms with Crippen LogP contribution in [0.4, 0.5) is 5.69 Å². The number of anilines is 1. The Morgan fingerprint density at radius 3 is 2.55 bits per heavy atom. The van der Waals surface area contributed by atoms with Crippen LogP contribution in [0.2, 0.25) is 0 Å². The molecule has 1 N–H and O–H groups in total. The SMILES string of the molecule is Cc1nccn1-c1ccc(N2CN=C(Cc3ccccc3)C3=C2CCNC3)cc1. The van der Waals surface area contributed by atoms with E-state index in [1.165, 1.54) is 28.2 Å². The maximum absolute atomic E-state index is 4.98. The number of nitrogens with one attached hydrogen (secondary N) is 1. The lowest BCUT2D eigenvalue weighted by Crippen LogP contribution is -2.39. The number of hydrogen-bond donors (Lipinski definition) is 1. The molecule has 2 aliphatic heterocycles. The number of aliphatic imine (C=N–C) groups is 1. The van der Waals surface area contributed by atoms with Gasteiger partial charge in [0.1, 0.15) is 12.5 Å². The van der Waals surface area contributed by atoms with E-state index in [0.717, 1.165) is 37.4 Å². The van der Waals surface area contributed by atoms with Crippen molar-refractivity contribution in [3.8, 4) is 5.69 Å². The van der Waals surface area contributed by atoms with Gasteiger partial charge in [0, 0.05) is 66.7 Å². The number of nitrogens with zero attached hydrogens (tertiary/aromatic N) is 4. The molecule has 0 saturated heterocycles. The van der Waals surface area contributed by atoms with E-state index in [1.54, 1.807) is 0 Å². The van der Waals surface area contributed by atoms with Crippen molar-refractivity contribution in [1.82, 2.24) is 14.9 Å². The van der Waals surface area contributed by atoms with Crippen LogP contribution in [-0.4, -0.2) is 35.0 Å². The molecule has 5 rings (SSSR count). The minimum Gasteiger partial charge on any atom is -0.325 e. The number of aromatic nitrogens is 2. The molecule has 0 saturated carbocycles. The molecule has 5 nitrogen and oxygen atoms in total. The second-order valence-corrected chi connectivity index (χ2v) is 7.55. The summed E-state index contributed by atoms with van der Waals surface area (Å²) in [6.07, 6.45) is 5.77. The van der Waals surface area contributed by atoms with Crippen molar-refractivity contribution in [2.45, 2.75) is 19.8 Å². The highest BCUT2D eigenvalue weighted by Crippen LogP contribution is 2.30. The third-order valence-corrected chi connectivity index (χ3v) is 5.75. The lowest BCUT2D eigenvalue weighted by atomic mass is 9.95. The van der Waals surface area contributed by atoms with Crippen molar-refractivity contribution in [1.29, 1.82) is 0 Å². The predicted octanol–water partition coefficient (Wildman–Crippen LogP) is 3.89. The summed E-state index contributed by atoms with van der Waals surface area (Å²) >= 11 is 0. The van der Waals surface area contributed by atoms with Crippen molar-refractivity contribution in [3.05, 3.63) is 89.6 Å². The summed E-state index contributed by atoms with van der Waals surface area (Å²) in [7, 11) is 0. The second kappa shape index (κ2) is 7.68. The van der Waals surface area contributed by atoms with Gasteiger partial charge in [-0.2, -0.15) is 0 Å². The first kappa shape index (κ1) is 17.9. The highest BCUT2D eigenvalue weighted by atomic mass is 15.2. The van der Waals surface area contributed by atoms with E-state index in [2.05, 4.69) is 74.4 Å². The lowest BCUT2D eigenvalue weighted by Gasteiger charge is -2.36. The highest BCUT2D eigenvalue weighted by molar-refractivity contribution is 6.04. The molecule has 146 valence electrons. The molecule has 0 atom stereocenters. The zero-order valence-corrected chi connectivity index (χ0v) is 16.7. The van der Waals surface area contributed by atoms with Crippen LogP contribution in [0.1, 0.15) is 17.8 Å². The monoisotopic (exact) mass is 383 g/mol. The Balaban J connectivity index is 1.43. The molecule has 1 aromatic heterocycles. The Morgan fingerprint density at radius 1 is 1.00 bits per heavy atom. The van der Waals surface area contributed by atoms with Crippen LogP contribution < -0.4 is 10.2 Å². The van der Waals surface area contributed by atoms with Gasteiger partial charge in [-0.1, -0.05) is 30.3 Å².